The number of pyridine rings is 2. The van der Waals surface area contributed by atoms with E-state index in [-0.39, 0.29) is 6.79 Å². The number of hydrogen-bond acceptors (Lipinski definition) is 4. The summed E-state index contributed by atoms with van der Waals surface area (Å²) in [6, 6.07) is 47.5. The summed E-state index contributed by atoms with van der Waals surface area (Å²) < 4.78 is 13.0. The summed E-state index contributed by atoms with van der Waals surface area (Å²) in [5.74, 6) is 1.64. The van der Waals surface area contributed by atoms with Crippen LogP contribution < -0.4 is 9.47 Å². The summed E-state index contributed by atoms with van der Waals surface area (Å²) in [6.45, 7) is 0.137. The molecule has 0 saturated carbocycles. The molecule has 3 heterocycles. The minimum Gasteiger partial charge on any atom is -0.457 e. The van der Waals surface area contributed by atoms with Crippen molar-refractivity contribution in [2.45, 2.75) is 25.7 Å². The van der Waals surface area contributed by atoms with Gasteiger partial charge < -0.3 is 9.47 Å². The van der Waals surface area contributed by atoms with Crippen LogP contribution in [0.25, 0.3) is 77.7 Å². The first-order valence-corrected chi connectivity index (χ1v) is 17.8. The minimum absolute atomic E-state index is 0.137. The van der Waals surface area contributed by atoms with Crippen molar-refractivity contribution in [1.82, 2.24) is 9.97 Å². The van der Waals surface area contributed by atoms with Gasteiger partial charge in [-0.25, -0.2) is 9.97 Å². The van der Waals surface area contributed by atoms with Crippen molar-refractivity contribution in [2.75, 3.05) is 6.79 Å². The quantitative estimate of drug-likeness (QED) is 0.186. The van der Waals surface area contributed by atoms with Crippen molar-refractivity contribution < 1.29 is 9.47 Å². The first-order chi connectivity index (χ1) is 25.3. The maximum atomic E-state index is 6.49. The molecule has 2 aromatic heterocycles. The summed E-state index contributed by atoms with van der Waals surface area (Å²) in [6.07, 6.45) is 3.66. The van der Waals surface area contributed by atoms with Gasteiger partial charge in [-0.2, -0.15) is 0 Å². The molecule has 2 aliphatic carbocycles. The lowest BCUT2D eigenvalue weighted by Gasteiger charge is -2.29. The van der Waals surface area contributed by atoms with Crippen molar-refractivity contribution in [2.24, 2.45) is 0 Å². The Morgan fingerprint density at radius 1 is 0.373 bits per heavy atom. The Morgan fingerprint density at radius 2 is 0.804 bits per heavy atom. The molecule has 4 heteroatoms. The second-order valence-corrected chi connectivity index (χ2v) is 13.7. The molecule has 6 aromatic carbocycles. The third-order valence-corrected chi connectivity index (χ3v) is 11.1. The van der Waals surface area contributed by atoms with Gasteiger partial charge in [-0.3, -0.25) is 0 Å². The van der Waals surface area contributed by atoms with Crippen LogP contribution in [0.4, 0.5) is 0 Å². The molecule has 0 fully saturated rings. The van der Waals surface area contributed by atoms with E-state index >= 15 is 0 Å². The van der Waals surface area contributed by atoms with Crippen LogP contribution in [0.2, 0.25) is 0 Å². The highest BCUT2D eigenvalue weighted by molar-refractivity contribution is 6.07. The number of rotatable bonds is 2. The zero-order valence-electron chi connectivity index (χ0n) is 27.9. The highest BCUT2D eigenvalue weighted by Crippen LogP contribution is 2.55. The van der Waals surface area contributed by atoms with E-state index in [0.29, 0.717) is 0 Å². The molecule has 11 rings (SSSR count). The number of aromatic nitrogens is 2. The van der Waals surface area contributed by atoms with Crippen LogP contribution >= 0.6 is 0 Å². The van der Waals surface area contributed by atoms with Crippen molar-refractivity contribution in [3.05, 3.63) is 156 Å². The maximum Gasteiger partial charge on any atom is 0.230 e. The van der Waals surface area contributed by atoms with Gasteiger partial charge in [0.05, 0.1) is 22.4 Å². The molecule has 0 radical (unpaired) electrons. The van der Waals surface area contributed by atoms with Gasteiger partial charge in [0.2, 0.25) is 6.79 Å². The number of benzene rings is 6. The molecule has 0 atom stereocenters. The smallest absolute Gasteiger partial charge is 0.230 e. The molecule has 4 nitrogen and oxygen atoms in total. The van der Waals surface area contributed by atoms with E-state index in [1.807, 2.05) is 0 Å². The molecule has 8 aromatic rings. The predicted octanol–water partition coefficient (Wildman–Crippen LogP) is 11.0. The first-order valence-electron chi connectivity index (χ1n) is 17.8. The van der Waals surface area contributed by atoms with Gasteiger partial charge in [0.1, 0.15) is 11.5 Å². The van der Waals surface area contributed by atoms with E-state index < -0.39 is 0 Å². The van der Waals surface area contributed by atoms with Crippen molar-refractivity contribution in [3.8, 4) is 67.4 Å². The summed E-state index contributed by atoms with van der Waals surface area (Å²) >= 11 is 0. The molecule has 0 amide bonds. The number of fused-ring (bicyclic) bond motifs is 13. The summed E-state index contributed by atoms with van der Waals surface area (Å²) in [5.41, 5.74) is 18.6. The van der Waals surface area contributed by atoms with Gasteiger partial charge in [-0.15, -0.1) is 0 Å². The SMILES string of the molecule is c1ccc(-c2c3c(nc4ccccc24)-c2c(ccc4c2-c2c(ccc5c2-c2nc6ccccc6c(-c6ccccc6)c2CC5)OCO4)CC3)cc1. The number of aryl methyl sites for hydroxylation is 2. The molecule has 1 aliphatic heterocycles. The summed E-state index contributed by atoms with van der Waals surface area (Å²) in [4.78, 5) is 11.0. The predicted molar refractivity (Wildman–Crippen MR) is 205 cm³/mol. The Morgan fingerprint density at radius 3 is 1.27 bits per heavy atom. The molecule has 0 saturated heterocycles. The summed E-state index contributed by atoms with van der Waals surface area (Å²) in [5, 5.41) is 2.37. The molecular formula is C47H32N2O2. The molecular weight excluding hydrogens is 625 g/mol. The van der Waals surface area contributed by atoms with Crippen LogP contribution in [0.3, 0.4) is 0 Å². The van der Waals surface area contributed by atoms with Gasteiger partial charge in [0, 0.05) is 33.0 Å². The first kappa shape index (κ1) is 28.6. The van der Waals surface area contributed by atoms with Crippen LogP contribution in [-0.4, -0.2) is 16.8 Å². The lowest BCUT2D eigenvalue weighted by molar-refractivity contribution is 0.125. The lowest BCUT2D eigenvalue weighted by Crippen LogP contribution is -2.12. The van der Waals surface area contributed by atoms with E-state index in [0.717, 1.165) is 81.9 Å². The zero-order chi connectivity index (χ0) is 33.5. The van der Waals surface area contributed by atoms with Crippen LogP contribution in [0.15, 0.2) is 133 Å². The van der Waals surface area contributed by atoms with Gasteiger partial charge >= 0.3 is 0 Å². The Balaban J connectivity index is 1.25. The Labute approximate surface area is 296 Å². The Hall–Kier alpha value is -6.26. The lowest BCUT2D eigenvalue weighted by atomic mass is 9.76. The fraction of sp³-hybridized carbons (Fsp3) is 0.106. The average molecular weight is 657 g/mol. The van der Waals surface area contributed by atoms with E-state index in [9.17, 15) is 0 Å². The minimum atomic E-state index is 0.137. The maximum absolute atomic E-state index is 6.49. The monoisotopic (exact) mass is 656 g/mol. The van der Waals surface area contributed by atoms with Crippen LogP contribution in [-0.2, 0) is 25.7 Å². The second kappa shape index (κ2) is 11.1. The fourth-order valence-electron chi connectivity index (χ4n) is 8.90. The number of ether oxygens (including phenoxy) is 2. The van der Waals surface area contributed by atoms with Crippen molar-refractivity contribution >= 4 is 21.8 Å². The van der Waals surface area contributed by atoms with Crippen molar-refractivity contribution in [3.63, 3.8) is 0 Å². The Kier molecular flexibility index (Phi) is 6.23. The molecule has 0 N–H and O–H groups in total. The topological polar surface area (TPSA) is 44.2 Å². The van der Waals surface area contributed by atoms with Gasteiger partial charge in [-0.1, -0.05) is 109 Å². The van der Waals surface area contributed by atoms with Gasteiger partial charge in [0.25, 0.3) is 0 Å². The van der Waals surface area contributed by atoms with E-state index in [1.165, 1.54) is 55.3 Å². The van der Waals surface area contributed by atoms with E-state index in [4.69, 9.17) is 19.4 Å². The number of nitrogens with zero attached hydrogens (tertiary/aromatic N) is 2. The van der Waals surface area contributed by atoms with E-state index in [2.05, 4.69) is 133 Å². The fourth-order valence-corrected chi connectivity index (χ4v) is 8.90. The molecule has 0 spiro atoms. The average Bonchev–Trinajstić information content (AvgIpc) is 3.39. The molecule has 0 bridgehead atoms. The second-order valence-electron chi connectivity index (χ2n) is 13.7. The van der Waals surface area contributed by atoms with Crippen LogP contribution in [0.5, 0.6) is 11.5 Å². The van der Waals surface area contributed by atoms with Crippen LogP contribution in [0, 0.1) is 0 Å². The summed E-state index contributed by atoms with van der Waals surface area (Å²) in [7, 11) is 0. The molecule has 51 heavy (non-hydrogen) atoms. The Bertz CT molecular complexity index is 2530. The van der Waals surface area contributed by atoms with E-state index in [1.54, 1.807) is 0 Å². The number of para-hydroxylation sites is 2. The third kappa shape index (κ3) is 4.26. The highest BCUT2D eigenvalue weighted by Gasteiger charge is 2.35. The third-order valence-electron chi connectivity index (χ3n) is 11.1. The normalized spacial score (nSPS) is 13.8. The number of hydrogen-bond donors (Lipinski definition) is 0. The molecule has 0 unspecified atom stereocenters. The highest BCUT2D eigenvalue weighted by atomic mass is 16.7. The van der Waals surface area contributed by atoms with Crippen molar-refractivity contribution in [1.29, 1.82) is 0 Å². The molecule has 3 aliphatic rings. The standard InChI is InChI=1S/C47H32N2O2/c1-3-11-28(12-4-1)40-32-15-7-9-17-36(32)48-46-34(40)23-19-30-21-25-38-44(42(30)46)45-39(51-27-50-38)26-22-31-20-24-35-41(29-13-5-2-6-14-29)33-16-8-10-18-37(33)49-47(35)43(31)45/h1-18,21-22,25-26H,19-20,23-24,27H2. The zero-order valence-corrected chi connectivity index (χ0v) is 27.9. The van der Waals surface area contributed by atoms with Gasteiger partial charge in [-0.05, 0) is 94.5 Å². The molecule has 242 valence electrons. The largest absolute Gasteiger partial charge is 0.457 e. The van der Waals surface area contributed by atoms with Gasteiger partial charge in [0.15, 0.2) is 0 Å². The van der Waals surface area contributed by atoms with Crippen LogP contribution in [0.1, 0.15) is 22.3 Å².